The van der Waals surface area contributed by atoms with Crippen molar-refractivity contribution in [3.63, 3.8) is 0 Å². The van der Waals surface area contributed by atoms with E-state index in [2.05, 4.69) is 0 Å². The Labute approximate surface area is 63.2 Å². The lowest BCUT2D eigenvalue weighted by Gasteiger charge is -2.06. The van der Waals surface area contributed by atoms with E-state index in [9.17, 15) is 0 Å². The summed E-state index contributed by atoms with van der Waals surface area (Å²) in [5.41, 5.74) is 0. The molecule has 0 amide bonds. The van der Waals surface area contributed by atoms with Crippen molar-refractivity contribution in [1.29, 1.82) is 0 Å². The zero-order valence-electron chi connectivity index (χ0n) is 6.54. The molecule has 0 heterocycles. The van der Waals surface area contributed by atoms with Crippen molar-refractivity contribution in [2.75, 3.05) is 39.8 Å². The molecule has 0 saturated heterocycles. The lowest BCUT2D eigenvalue weighted by atomic mass is 10.7. The van der Waals surface area contributed by atoms with Gasteiger partial charge in [0, 0.05) is 8.15 Å². The molecule has 0 radical (unpaired) electrons. The van der Waals surface area contributed by atoms with E-state index < -0.39 is 0 Å². The van der Waals surface area contributed by atoms with Crippen LogP contribution in [0.4, 0.5) is 0 Å². The minimum Gasteiger partial charge on any atom is -0.394 e. The first-order valence-corrected chi connectivity index (χ1v) is 5.41. The van der Waals surface area contributed by atoms with Crippen molar-refractivity contribution in [2.45, 2.75) is 0 Å². The van der Waals surface area contributed by atoms with Crippen LogP contribution in [-0.4, -0.2) is 44.9 Å². The fourth-order valence-electron chi connectivity index (χ4n) is 0.445. The average molecular weight is 166 g/mol. The van der Waals surface area contributed by atoms with E-state index in [1.807, 2.05) is 13.3 Å². The highest BCUT2D eigenvalue weighted by Crippen LogP contribution is 2.24. The summed E-state index contributed by atoms with van der Waals surface area (Å²) < 4.78 is 10.2. The molecule has 0 unspecified atom stereocenters. The van der Waals surface area contributed by atoms with E-state index in [-0.39, 0.29) is 14.8 Å². The summed E-state index contributed by atoms with van der Waals surface area (Å²) in [5.74, 6) is 0. The highest BCUT2D eigenvalue weighted by atomic mass is 31.1. The highest BCUT2D eigenvalue weighted by molar-refractivity contribution is 7.50. The van der Waals surface area contributed by atoms with Crippen LogP contribution >= 0.6 is 8.15 Å². The molecule has 0 aliphatic rings. The normalized spacial score (nSPS) is 10.8. The van der Waals surface area contributed by atoms with E-state index in [1.54, 1.807) is 0 Å². The lowest BCUT2D eigenvalue weighted by Crippen LogP contribution is -2.05. The third-order valence-electron chi connectivity index (χ3n) is 0.813. The molecule has 0 aromatic heterocycles. The summed E-state index contributed by atoms with van der Waals surface area (Å²) in [6.45, 7) is 5.81. The largest absolute Gasteiger partial charge is 0.394 e. The number of hydrogen-bond donors (Lipinski definition) is 1. The summed E-state index contributed by atoms with van der Waals surface area (Å²) >= 11 is 0. The second-order valence-corrected chi connectivity index (χ2v) is 3.86. The molecule has 1 N–H and O–H groups in total. The van der Waals surface area contributed by atoms with Crippen LogP contribution in [-0.2, 0) is 9.26 Å². The van der Waals surface area contributed by atoms with Gasteiger partial charge in [-0.25, -0.2) is 0 Å². The molecular weight excluding hydrogens is 151 g/mol. The first kappa shape index (κ1) is 10.3. The molecule has 10 heavy (non-hydrogen) atoms. The van der Waals surface area contributed by atoms with Crippen LogP contribution in [0.5, 0.6) is 0 Å². The molecule has 0 saturated carbocycles. The van der Waals surface area contributed by atoms with E-state index >= 15 is 0 Å². The number of rotatable bonds is 6. The zero-order chi connectivity index (χ0) is 7.82. The first-order chi connectivity index (χ1) is 4.77. The van der Waals surface area contributed by atoms with Crippen molar-refractivity contribution in [2.24, 2.45) is 0 Å². The minimum atomic E-state index is -0.264. The first-order valence-electron chi connectivity index (χ1n) is 3.26. The van der Waals surface area contributed by atoms with Gasteiger partial charge in [0.25, 0.3) is 0 Å². The molecule has 0 spiro atoms. The monoisotopic (exact) mass is 166 g/mol. The van der Waals surface area contributed by atoms with Crippen LogP contribution < -0.4 is 0 Å². The van der Waals surface area contributed by atoms with Gasteiger partial charge in [-0.05, 0) is 13.3 Å². The third kappa shape index (κ3) is 8.31. The van der Waals surface area contributed by atoms with Crippen LogP contribution in [0.3, 0.4) is 0 Å². The Kier molecular flexibility index (Phi) is 7.65. The van der Waals surface area contributed by atoms with Gasteiger partial charge in [0.15, 0.2) is 0 Å². The van der Waals surface area contributed by atoms with Gasteiger partial charge < -0.3 is 14.4 Å². The van der Waals surface area contributed by atoms with Crippen molar-refractivity contribution in [3.8, 4) is 0 Å². The minimum absolute atomic E-state index is 0.0903. The Hall–Kier alpha value is 0.310. The van der Waals surface area contributed by atoms with Crippen LogP contribution in [0.15, 0.2) is 0 Å². The molecular formula is C6H15O3P. The number of ether oxygens (including phenoxy) is 1. The van der Waals surface area contributed by atoms with Crippen LogP contribution in [0.25, 0.3) is 0 Å². The molecule has 0 rings (SSSR count). The molecule has 0 aliphatic carbocycles. The zero-order valence-corrected chi connectivity index (χ0v) is 7.43. The fourth-order valence-corrected chi connectivity index (χ4v) is 0.885. The molecule has 0 aliphatic heterocycles. The SMILES string of the molecule is CP(C)OCCOCCO. The quantitative estimate of drug-likeness (QED) is 0.465. The van der Waals surface area contributed by atoms with E-state index in [0.717, 1.165) is 0 Å². The smallest absolute Gasteiger partial charge is 0.0742 e. The molecule has 0 aromatic rings. The van der Waals surface area contributed by atoms with Gasteiger partial charge in [-0.1, -0.05) is 0 Å². The van der Waals surface area contributed by atoms with E-state index in [4.69, 9.17) is 14.4 Å². The predicted molar refractivity (Wildman–Crippen MR) is 42.6 cm³/mol. The molecule has 0 fully saturated rings. The maximum atomic E-state index is 8.31. The number of aliphatic hydroxyl groups excluding tert-OH is 1. The van der Waals surface area contributed by atoms with Gasteiger partial charge in [0.2, 0.25) is 0 Å². The Balaban J connectivity index is 2.77. The number of hydrogen-bond acceptors (Lipinski definition) is 3. The Morgan fingerprint density at radius 2 is 1.90 bits per heavy atom. The maximum absolute atomic E-state index is 8.31. The average Bonchev–Trinajstić information content (AvgIpc) is 1.87. The second kappa shape index (κ2) is 7.42. The summed E-state index contributed by atoms with van der Waals surface area (Å²) in [5, 5.41) is 8.31. The summed E-state index contributed by atoms with van der Waals surface area (Å²) in [6, 6.07) is 0. The van der Waals surface area contributed by atoms with Gasteiger partial charge in [-0.15, -0.1) is 0 Å². The van der Waals surface area contributed by atoms with Crippen molar-refractivity contribution < 1.29 is 14.4 Å². The summed E-state index contributed by atoms with van der Waals surface area (Å²) in [4.78, 5) is 0. The van der Waals surface area contributed by atoms with Crippen molar-refractivity contribution >= 4 is 8.15 Å². The van der Waals surface area contributed by atoms with Crippen LogP contribution in [0, 0.1) is 0 Å². The predicted octanol–water partition coefficient (Wildman–Crippen LogP) is 0.668. The van der Waals surface area contributed by atoms with Gasteiger partial charge in [0.1, 0.15) is 0 Å². The van der Waals surface area contributed by atoms with Crippen LogP contribution in [0.1, 0.15) is 0 Å². The summed E-state index contributed by atoms with van der Waals surface area (Å²) in [7, 11) is -0.264. The van der Waals surface area contributed by atoms with Gasteiger partial charge in [0.05, 0.1) is 26.4 Å². The Morgan fingerprint density at radius 1 is 1.20 bits per heavy atom. The second-order valence-electron chi connectivity index (χ2n) is 1.98. The van der Waals surface area contributed by atoms with Crippen LogP contribution in [0.2, 0.25) is 0 Å². The highest BCUT2D eigenvalue weighted by Gasteiger charge is 1.91. The third-order valence-corrected chi connectivity index (χ3v) is 1.51. The van der Waals surface area contributed by atoms with Gasteiger partial charge in [-0.3, -0.25) is 0 Å². The molecule has 0 atom stereocenters. The molecule has 4 heteroatoms. The number of aliphatic hydroxyl groups is 1. The lowest BCUT2D eigenvalue weighted by molar-refractivity contribution is 0.0734. The molecule has 0 aromatic carbocycles. The van der Waals surface area contributed by atoms with Crippen molar-refractivity contribution in [3.05, 3.63) is 0 Å². The maximum Gasteiger partial charge on any atom is 0.0742 e. The van der Waals surface area contributed by atoms with E-state index in [0.29, 0.717) is 19.8 Å². The molecule has 0 bridgehead atoms. The standard InChI is InChI=1S/C6H15O3P/c1-10(2)9-6-5-8-4-3-7/h7H,3-6H2,1-2H3. The van der Waals surface area contributed by atoms with Crippen molar-refractivity contribution in [1.82, 2.24) is 0 Å². The topological polar surface area (TPSA) is 38.7 Å². The Bertz CT molecular complexity index is 68.0. The molecule has 62 valence electrons. The van der Waals surface area contributed by atoms with E-state index in [1.165, 1.54) is 0 Å². The summed E-state index contributed by atoms with van der Waals surface area (Å²) in [6.07, 6.45) is 0. The van der Waals surface area contributed by atoms with Gasteiger partial charge in [-0.2, -0.15) is 0 Å². The molecule has 3 nitrogen and oxygen atoms in total. The fraction of sp³-hybridized carbons (Fsp3) is 1.00. The van der Waals surface area contributed by atoms with Gasteiger partial charge >= 0.3 is 0 Å². The Morgan fingerprint density at radius 3 is 2.40 bits per heavy atom.